The van der Waals surface area contributed by atoms with Crippen molar-refractivity contribution in [1.82, 2.24) is 14.4 Å². The van der Waals surface area contributed by atoms with Crippen molar-refractivity contribution in [2.24, 2.45) is 0 Å². The van der Waals surface area contributed by atoms with E-state index in [0.29, 0.717) is 21.5 Å². The summed E-state index contributed by atoms with van der Waals surface area (Å²) in [6, 6.07) is 11.8. The first kappa shape index (κ1) is 16.9. The molecule has 2 aromatic carbocycles. The Morgan fingerprint density at radius 1 is 1.00 bits per heavy atom. The number of halogens is 2. The molecule has 130 valence electrons. The fourth-order valence-electron chi connectivity index (χ4n) is 2.88. The average Bonchev–Trinajstić information content (AvgIpc) is 3.06. The molecule has 0 aliphatic heterocycles. The Morgan fingerprint density at radius 2 is 1.69 bits per heavy atom. The van der Waals surface area contributed by atoms with Crippen molar-refractivity contribution in [1.29, 1.82) is 0 Å². The molecule has 0 amide bonds. The Kier molecular flexibility index (Phi) is 4.31. The van der Waals surface area contributed by atoms with E-state index in [1.54, 1.807) is 18.3 Å². The summed E-state index contributed by atoms with van der Waals surface area (Å²) < 4.78 is 7.17. The highest BCUT2D eigenvalue weighted by molar-refractivity contribution is 6.37. The lowest BCUT2D eigenvalue weighted by Gasteiger charge is -2.09. The molecule has 2 heterocycles. The van der Waals surface area contributed by atoms with Crippen LogP contribution in [0.2, 0.25) is 10.0 Å². The summed E-state index contributed by atoms with van der Waals surface area (Å²) in [7, 11) is 1.54. The van der Waals surface area contributed by atoms with Crippen molar-refractivity contribution in [3.8, 4) is 28.3 Å². The summed E-state index contributed by atoms with van der Waals surface area (Å²) in [5.74, 6) is 0.452. The number of aryl methyl sites for hydroxylation is 1. The van der Waals surface area contributed by atoms with Gasteiger partial charge in [0.05, 0.1) is 22.8 Å². The molecule has 0 N–H and O–H groups in total. The molecule has 0 unspecified atom stereocenters. The van der Waals surface area contributed by atoms with Crippen LogP contribution < -0.4 is 4.74 Å². The molecular formula is C20H15Cl2N3O. The van der Waals surface area contributed by atoms with E-state index in [0.717, 1.165) is 22.5 Å². The summed E-state index contributed by atoms with van der Waals surface area (Å²) in [6.07, 6.45) is 5.59. The van der Waals surface area contributed by atoms with Crippen LogP contribution in [0.15, 0.2) is 55.0 Å². The zero-order chi connectivity index (χ0) is 18.3. The quantitative estimate of drug-likeness (QED) is 0.456. The number of fused-ring (bicyclic) bond motifs is 1. The van der Waals surface area contributed by atoms with Gasteiger partial charge in [0.1, 0.15) is 5.69 Å². The van der Waals surface area contributed by atoms with E-state index < -0.39 is 0 Å². The first-order valence-electron chi connectivity index (χ1n) is 8.01. The van der Waals surface area contributed by atoms with E-state index in [-0.39, 0.29) is 0 Å². The van der Waals surface area contributed by atoms with Crippen molar-refractivity contribution in [2.45, 2.75) is 6.92 Å². The van der Waals surface area contributed by atoms with Crippen molar-refractivity contribution in [2.75, 3.05) is 7.11 Å². The van der Waals surface area contributed by atoms with Crippen LogP contribution in [0.1, 0.15) is 5.56 Å². The normalized spacial score (nSPS) is 11.1. The second kappa shape index (κ2) is 6.63. The van der Waals surface area contributed by atoms with Crippen LogP contribution in [0.5, 0.6) is 5.75 Å². The van der Waals surface area contributed by atoms with E-state index >= 15 is 0 Å². The van der Waals surface area contributed by atoms with Crippen LogP contribution in [0, 0.1) is 6.92 Å². The highest BCUT2D eigenvalue weighted by Crippen LogP contribution is 2.37. The van der Waals surface area contributed by atoms with Gasteiger partial charge in [-0.3, -0.25) is 4.98 Å². The topological polar surface area (TPSA) is 39.4 Å². The Morgan fingerprint density at radius 3 is 2.35 bits per heavy atom. The van der Waals surface area contributed by atoms with E-state index in [1.165, 1.54) is 12.7 Å². The number of hydrogen-bond donors (Lipinski definition) is 0. The van der Waals surface area contributed by atoms with Crippen LogP contribution in [-0.2, 0) is 0 Å². The largest absolute Gasteiger partial charge is 0.494 e. The molecule has 0 fully saturated rings. The molecule has 0 atom stereocenters. The summed E-state index contributed by atoms with van der Waals surface area (Å²) in [5, 5.41) is 0.869. The minimum absolute atomic E-state index is 0.434. The lowest BCUT2D eigenvalue weighted by atomic mass is 10.1. The maximum Gasteiger partial charge on any atom is 0.164 e. The van der Waals surface area contributed by atoms with E-state index in [9.17, 15) is 0 Å². The fourth-order valence-corrected chi connectivity index (χ4v) is 3.52. The highest BCUT2D eigenvalue weighted by Gasteiger charge is 2.15. The highest BCUT2D eigenvalue weighted by atomic mass is 35.5. The van der Waals surface area contributed by atoms with Gasteiger partial charge in [-0.15, -0.1) is 0 Å². The number of rotatable bonds is 3. The lowest BCUT2D eigenvalue weighted by molar-refractivity contribution is 0.415. The van der Waals surface area contributed by atoms with Gasteiger partial charge in [-0.1, -0.05) is 53.0 Å². The second-order valence-corrected chi connectivity index (χ2v) is 6.79. The van der Waals surface area contributed by atoms with E-state index in [1.807, 2.05) is 16.8 Å². The fraction of sp³-hybridized carbons (Fsp3) is 0.100. The Labute approximate surface area is 161 Å². The third-order valence-electron chi connectivity index (χ3n) is 4.20. The van der Waals surface area contributed by atoms with Gasteiger partial charge in [0.25, 0.3) is 0 Å². The van der Waals surface area contributed by atoms with Crippen molar-refractivity contribution in [3.63, 3.8) is 0 Å². The number of methoxy groups -OCH3 is 1. The monoisotopic (exact) mass is 383 g/mol. The molecule has 4 rings (SSSR count). The molecule has 0 spiro atoms. The number of hydrogen-bond acceptors (Lipinski definition) is 3. The molecule has 0 aliphatic rings. The van der Waals surface area contributed by atoms with Crippen molar-refractivity contribution >= 4 is 28.8 Å². The predicted molar refractivity (Wildman–Crippen MR) is 105 cm³/mol. The van der Waals surface area contributed by atoms with Crippen LogP contribution in [0.4, 0.5) is 0 Å². The first-order chi connectivity index (χ1) is 12.6. The molecule has 2 aromatic heterocycles. The molecule has 26 heavy (non-hydrogen) atoms. The van der Waals surface area contributed by atoms with Gasteiger partial charge in [0, 0.05) is 29.7 Å². The minimum atomic E-state index is 0.434. The molecular weight excluding hydrogens is 369 g/mol. The molecule has 4 nitrogen and oxygen atoms in total. The standard InChI is InChI=1S/C20H15Cl2N3O/c1-12-3-5-13(6-4-12)17-11-25-8-7-23-18(20(25)24-17)14-9-15(21)19(26-2)16(22)10-14/h3-11H,1-2H3. The van der Waals surface area contributed by atoms with Gasteiger partial charge in [-0.2, -0.15) is 0 Å². The summed E-state index contributed by atoms with van der Waals surface area (Å²) >= 11 is 12.6. The number of imidazole rings is 1. The second-order valence-electron chi connectivity index (χ2n) is 5.97. The molecule has 0 radical (unpaired) electrons. The maximum absolute atomic E-state index is 6.29. The number of nitrogens with zero attached hydrogens (tertiary/aromatic N) is 3. The predicted octanol–water partition coefficient (Wildman–Crippen LogP) is 5.69. The number of aromatic nitrogens is 3. The molecule has 6 heteroatoms. The first-order valence-corrected chi connectivity index (χ1v) is 8.76. The third kappa shape index (κ3) is 2.91. The van der Waals surface area contributed by atoms with Gasteiger partial charge < -0.3 is 9.14 Å². The van der Waals surface area contributed by atoms with E-state index in [4.69, 9.17) is 32.9 Å². The van der Waals surface area contributed by atoms with Gasteiger partial charge in [-0.05, 0) is 19.1 Å². The Hall–Kier alpha value is -2.56. The molecule has 0 saturated heterocycles. The lowest BCUT2D eigenvalue weighted by Crippen LogP contribution is -1.93. The summed E-state index contributed by atoms with van der Waals surface area (Å²) in [6.45, 7) is 2.06. The summed E-state index contributed by atoms with van der Waals surface area (Å²) in [5.41, 5.74) is 5.37. The Balaban J connectivity index is 1.88. The van der Waals surface area contributed by atoms with Gasteiger partial charge >= 0.3 is 0 Å². The van der Waals surface area contributed by atoms with Gasteiger partial charge in [0.2, 0.25) is 0 Å². The molecule has 4 aromatic rings. The van der Waals surface area contributed by atoms with Crippen LogP contribution in [0.3, 0.4) is 0 Å². The number of benzene rings is 2. The number of ether oxygens (including phenoxy) is 1. The zero-order valence-corrected chi connectivity index (χ0v) is 15.7. The summed E-state index contributed by atoms with van der Waals surface area (Å²) in [4.78, 5) is 9.27. The minimum Gasteiger partial charge on any atom is -0.494 e. The average molecular weight is 384 g/mol. The van der Waals surface area contributed by atoms with Crippen molar-refractivity contribution in [3.05, 3.63) is 70.6 Å². The van der Waals surface area contributed by atoms with E-state index in [2.05, 4.69) is 36.2 Å². The molecule has 0 bridgehead atoms. The smallest absolute Gasteiger partial charge is 0.164 e. The van der Waals surface area contributed by atoms with Gasteiger partial charge in [0.15, 0.2) is 11.4 Å². The van der Waals surface area contributed by atoms with Crippen LogP contribution in [-0.4, -0.2) is 21.5 Å². The van der Waals surface area contributed by atoms with Crippen molar-refractivity contribution < 1.29 is 4.74 Å². The zero-order valence-electron chi connectivity index (χ0n) is 14.2. The van der Waals surface area contributed by atoms with Crippen LogP contribution in [0.25, 0.3) is 28.2 Å². The Bertz CT molecular complexity index is 1080. The maximum atomic E-state index is 6.29. The van der Waals surface area contributed by atoms with Crippen LogP contribution >= 0.6 is 23.2 Å². The SMILES string of the molecule is COc1c(Cl)cc(-c2nccn3cc(-c4ccc(C)cc4)nc23)cc1Cl. The van der Waals surface area contributed by atoms with Gasteiger partial charge in [-0.25, -0.2) is 4.98 Å². The molecule has 0 saturated carbocycles. The third-order valence-corrected chi connectivity index (χ3v) is 4.76. The molecule has 0 aliphatic carbocycles.